The van der Waals surface area contributed by atoms with E-state index in [2.05, 4.69) is 10.6 Å². The van der Waals surface area contributed by atoms with Crippen LogP contribution in [0.25, 0.3) is 11.1 Å². The van der Waals surface area contributed by atoms with Gasteiger partial charge in [0, 0.05) is 10.4 Å². The molecule has 29 heavy (non-hydrogen) atoms. The zero-order chi connectivity index (χ0) is 20.8. The van der Waals surface area contributed by atoms with Gasteiger partial charge in [0.2, 0.25) is 5.91 Å². The summed E-state index contributed by atoms with van der Waals surface area (Å²) in [7, 11) is 0. The fourth-order valence-corrected chi connectivity index (χ4v) is 4.12. The van der Waals surface area contributed by atoms with Crippen molar-refractivity contribution >= 4 is 28.2 Å². The van der Waals surface area contributed by atoms with Crippen molar-refractivity contribution in [1.29, 1.82) is 0 Å². The average molecular weight is 413 g/mol. The lowest BCUT2D eigenvalue weighted by Gasteiger charge is -2.12. The van der Waals surface area contributed by atoms with Crippen molar-refractivity contribution < 1.29 is 18.7 Å². The van der Waals surface area contributed by atoms with Crippen molar-refractivity contribution in [3.05, 3.63) is 64.9 Å². The lowest BCUT2D eigenvalue weighted by Crippen LogP contribution is -2.30. The number of esters is 1. The second-order valence-corrected chi connectivity index (χ2v) is 7.71. The van der Waals surface area contributed by atoms with Gasteiger partial charge in [-0.1, -0.05) is 30.3 Å². The molecule has 152 valence electrons. The van der Waals surface area contributed by atoms with Gasteiger partial charge in [0.05, 0.1) is 25.5 Å². The third kappa shape index (κ3) is 4.93. The molecular weight excluding hydrogens is 388 g/mol. The van der Waals surface area contributed by atoms with Crippen LogP contribution in [0.15, 0.2) is 53.1 Å². The van der Waals surface area contributed by atoms with Crippen molar-refractivity contribution in [2.75, 3.05) is 18.5 Å². The number of hydrogen-bond acceptors (Lipinski definition) is 6. The van der Waals surface area contributed by atoms with Gasteiger partial charge < -0.3 is 14.5 Å². The fourth-order valence-electron chi connectivity index (χ4n) is 3.04. The summed E-state index contributed by atoms with van der Waals surface area (Å²) in [5.74, 6) is 0.0704. The molecule has 3 rings (SSSR count). The molecule has 1 aromatic carbocycles. The third-order valence-corrected chi connectivity index (χ3v) is 5.44. The number of rotatable bonds is 8. The molecule has 0 aliphatic carbocycles. The second kappa shape index (κ2) is 9.54. The summed E-state index contributed by atoms with van der Waals surface area (Å²) in [4.78, 5) is 26.1. The molecule has 6 nitrogen and oxygen atoms in total. The maximum absolute atomic E-state index is 12.7. The minimum absolute atomic E-state index is 0.0851. The minimum atomic E-state index is -0.442. The molecule has 1 amide bonds. The van der Waals surface area contributed by atoms with Crippen LogP contribution in [-0.4, -0.2) is 25.0 Å². The molecule has 0 radical (unpaired) electrons. The molecule has 0 fully saturated rings. The van der Waals surface area contributed by atoms with E-state index in [9.17, 15) is 9.59 Å². The Kier molecular flexibility index (Phi) is 6.85. The van der Waals surface area contributed by atoms with Crippen molar-refractivity contribution in [3.63, 3.8) is 0 Å². The fraction of sp³-hybridized carbons (Fsp3) is 0.273. The van der Waals surface area contributed by atoms with Crippen LogP contribution in [0, 0.1) is 6.92 Å². The van der Waals surface area contributed by atoms with Crippen LogP contribution < -0.4 is 10.6 Å². The van der Waals surface area contributed by atoms with E-state index in [1.54, 1.807) is 19.3 Å². The van der Waals surface area contributed by atoms with Gasteiger partial charge in [0.25, 0.3) is 0 Å². The molecule has 1 atom stereocenters. The van der Waals surface area contributed by atoms with Crippen molar-refractivity contribution in [1.82, 2.24) is 5.32 Å². The van der Waals surface area contributed by atoms with Crippen molar-refractivity contribution in [2.24, 2.45) is 0 Å². The van der Waals surface area contributed by atoms with Gasteiger partial charge in [-0.2, -0.15) is 0 Å². The van der Waals surface area contributed by atoms with E-state index in [1.807, 2.05) is 50.2 Å². The number of thiophene rings is 1. The maximum Gasteiger partial charge on any atom is 0.341 e. The van der Waals surface area contributed by atoms with E-state index in [0.29, 0.717) is 10.6 Å². The number of anilines is 1. The van der Waals surface area contributed by atoms with Crippen LogP contribution in [0.1, 0.15) is 40.9 Å². The maximum atomic E-state index is 12.7. The SMILES string of the molecule is CCOC(=O)c1c(NC(=O)CN[C@H](C)c2ccco2)sc(C)c1-c1ccccc1. The molecule has 0 aliphatic heterocycles. The Balaban J connectivity index is 1.81. The standard InChI is InChI=1S/C22H24N2O4S/c1-4-27-22(26)20-19(16-9-6-5-7-10-16)15(3)29-21(20)24-18(25)13-23-14(2)17-11-8-12-28-17/h5-12,14,23H,4,13H2,1-3H3,(H,24,25)/t14-/m1/s1. The molecule has 0 saturated heterocycles. The summed E-state index contributed by atoms with van der Waals surface area (Å²) in [5, 5.41) is 6.48. The monoisotopic (exact) mass is 412 g/mol. The molecule has 0 unspecified atom stereocenters. The van der Waals surface area contributed by atoms with Crippen LogP contribution in [-0.2, 0) is 9.53 Å². The number of furan rings is 1. The summed E-state index contributed by atoms with van der Waals surface area (Å²) in [6.45, 7) is 5.96. The Hall–Kier alpha value is -2.90. The topological polar surface area (TPSA) is 80.6 Å². The molecule has 0 aliphatic rings. The van der Waals surface area contributed by atoms with Gasteiger partial charge in [-0.3, -0.25) is 10.1 Å². The average Bonchev–Trinajstić information content (AvgIpc) is 3.35. The molecule has 2 aromatic heterocycles. The number of benzene rings is 1. The van der Waals surface area contributed by atoms with Gasteiger partial charge in [0.1, 0.15) is 16.3 Å². The van der Waals surface area contributed by atoms with Crippen LogP contribution in [0.4, 0.5) is 5.00 Å². The Labute approximate surface area is 173 Å². The molecule has 0 saturated carbocycles. The highest BCUT2D eigenvalue weighted by molar-refractivity contribution is 7.17. The number of ether oxygens (including phenoxy) is 1. The lowest BCUT2D eigenvalue weighted by molar-refractivity contribution is -0.115. The Morgan fingerprint density at radius 2 is 1.93 bits per heavy atom. The highest BCUT2D eigenvalue weighted by Crippen LogP contribution is 2.40. The number of amides is 1. The number of carbonyl (C=O) groups excluding carboxylic acids is 2. The first-order chi connectivity index (χ1) is 14.0. The Morgan fingerprint density at radius 1 is 1.17 bits per heavy atom. The first kappa shape index (κ1) is 20.8. The molecule has 0 bridgehead atoms. The van der Waals surface area contributed by atoms with Crippen LogP contribution in [0.5, 0.6) is 0 Å². The third-order valence-electron chi connectivity index (χ3n) is 4.42. The summed E-state index contributed by atoms with van der Waals surface area (Å²) >= 11 is 1.37. The van der Waals surface area contributed by atoms with E-state index in [-0.39, 0.29) is 25.1 Å². The highest BCUT2D eigenvalue weighted by Gasteiger charge is 2.25. The molecule has 2 N–H and O–H groups in total. The smallest absolute Gasteiger partial charge is 0.341 e. The van der Waals surface area contributed by atoms with Crippen molar-refractivity contribution in [2.45, 2.75) is 26.8 Å². The Morgan fingerprint density at radius 3 is 2.59 bits per heavy atom. The van der Waals surface area contributed by atoms with Crippen LogP contribution in [0.2, 0.25) is 0 Å². The van der Waals surface area contributed by atoms with E-state index in [0.717, 1.165) is 21.8 Å². The van der Waals surface area contributed by atoms with E-state index in [4.69, 9.17) is 9.15 Å². The molecule has 3 aromatic rings. The summed E-state index contributed by atoms with van der Waals surface area (Å²) in [5.41, 5.74) is 2.10. The Bertz CT molecular complexity index is 964. The number of aryl methyl sites for hydroxylation is 1. The normalized spacial score (nSPS) is 11.8. The van der Waals surface area contributed by atoms with E-state index >= 15 is 0 Å². The van der Waals surface area contributed by atoms with Crippen LogP contribution in [0.3, 0.4) is 0 Å². The molecular formula is C22H24N2O4S. The quantitative estimate of drug-likeness (QED) is 0.520. The molecule has 0 spiro atoms. The zero-order valence-electron chi connectivity index (χ0n) is 16.7. The number of nitrogens with one attached hydrogen (secondary N) is 2. The van der Waals surface area contributed by atoms with Gasteiger partial charge in [-0.05, 0) is 38.5 Å². The van der Waals surface area contributed by atoms with E-state index < -0.39 is 5.97 Å². The highest BCUT2D eigenvalue weighted by atomic mass is 32.1. The van der Waals surface area contributed by atoms with Crippen molar-refractivity contribution in [3.8, 4) is 11.1 Å². The number of carbonyl (C=O) groups is 2. The van der Waals surface area contributed by atoms with Gasteiger partial charge in [-0.25, -0.2) is 4.79 Å². The first-order valence-electron chi connectivity index (χ1n) is 9.43. The number of hydrogen-bond donors (Lipinski definition) is 2. The largest absolute Gasteiger partial charge is 0.468 e. The predicted molar refractivity (Wildman–Crippen MR) is 114 cm³/mol. The van der Waals surface area contributed by atoms with E-state index in [1.165, 1.54) is 11.3 Å². The predicted octanol–water partition coefficient (Wildman–Crippen LogP) is 4.78. The first-order valence-corrected chi connectivity index (χ1v) is 10.3. The minimum Gasteiger partial charge on any atom is -0.468 e. The summed E-state index contributed by atoms with van der Waals surface area (Å²) < 4.78 is 10.6. The summed E-state index contributed by atoms with van der Waals surface area (Å²) in [6, 6.07) is 13.2. The lowest BCUT2D eigenvalue weighted by atomic mass is 10.0. The molecule has 7 heteroatoms. The second-order valence-electron chi connectivity index (χ2n) is 6.49. The summed E-state index contributed by atoms with van der Waals surface area (Å²) in [6.07, 6.45) is 1.60. The van der Waals surface area contributed by atoms with Crippen LogP contribution >= 0.6 is 11.3 Å². The zero-order valence-corrected chi connectivity index (χ0v) is 17.5. The van der Waals surface area contributed by atoms with Gasteiger partial charge in [-0.15, -0.1) is 11.3 Å². The van der Waals surface area contributed by atoms with Gasteiger partial charge >= 0.3 is 5.97 Å². The van der Waals surface area contributed by atoms with Gasteiger partial charge in [0.15, 0.2) is 0 Å². The molecule has 2 heterocycles.